The number of halogens is 2. The molecule has 1 fully saturated rings. The molecule has 18 heavy (non-hydrogen) atoms. The standard InChI is InChI=1S/C15H14FN.ClH/c16-14-6-4-11(5-7-14)12-2-1-3-13(10-12)15(17)8-9-15;/h1-7,10H,8-9,17H2;1H. The number of rotatable bonds is 2. The second-order valence-electron chi connectivity index (χ2n) is 4.74. The molecule has 0 bridgehead atoms. The minimum absolute atomic E-state index is 0. The Labute approximate surface area is 112 Å². The van der Waals surface area contributed by atoms with Crippen molar-refractivity contribution in [3.05, 3.63) is 59.9 Å². The van der Waals surface area contributed by atoms with Crippen LogP contribution in [0.2, 0.25) is 0 Å². The molecule has 2 aromatic rings. The van der Waals surface area contributed by atoms with Crippen LogP contribution < -0.4 is 5.73 Å². The SMILES string of the molecule is Cl.NC1(c2cccc(-c3ccc(F)cc3)c2)CC1. The van der Waals surface area contributed by atoms with E-state index in [4.69, 9.17) is 5.73 Å². The third-order valence-corrected chi connectivity index (χ3v) is 3.40. The van der Waals surface area contributed by atoms with Gasteiger partial charge < -0.3 is 5.73 Å². The van der Waals surface area contributed by atoms with Crippen molar-refractivity contribution in [2.24, 2.45) is 5.73 Å². The summed E-state index contributed by atoms with van der Waals surface area (Å²) in [6.45, 7) is 0. The minimum Gasteiger partial charge on any atom is -0.321 e. The Kier molecular flexibility index (Phi) is 3.42. The molecule has 0 unspecified atom stereocenters. The van der Waals surface area contributed by atoms with Crippen molar-refractivity contribution in [3.63, 3.8) is 0 Å². The fourth-order valence-electron chi connectivity index (χ4n) is 2.07. The largest absolute Gasteiger partial charge is 0.321 e. The van der Waals surface area contributed by atoms with Gasteiger partial charge in [-0.05, 0) is 47.7 Å². The summed E-state index contributed by atoms with van der Waals surface area (Å²) in [5.74, 6) is -0.206. The lowest BCUT2D eigenvalue weighted by atomic mass is 9.99. The number of nitrogens with two attached hydrogens (primary N) is 1. The first-order chi connectivity index (χ1) is 8.17. The van der Waals surface area contributed by atoms with Gasteiger partial charge in [0, 0.05) is 5.54 Å². The number of benzene rings is 2. The van der Waals surface area contributed by atoms with Crippen LogP contribution in [-0.4, -0.2) is 0 Å². The van der Waals surface area contributed by atoms with Crippen LogP contribution in [0.25, 0.3) is 11.1 Å². The quantitative estimate of drug-likeness (QED) is 0.875. The van der Waals surface area contributed by atoms with Gasteiger partial charge in [0.1, 0.15) is 5.82 Å². The number of hydrogen-bond acceptors (Lipinski definition) is 1. The topological polar surface area (TPSA) is 26.0 Å². The van der Waals surface area contributed by atoms with Crippen LogP contribution in [0.3, 0.4) is 0 Å². The zero-order valence-electron chi connectivity index (χ0n) is 9.90. The fourth-order valence-corrected chi connectivity index (χ4v) is 2.07. The van der Waals surface area contributed by atoms with Crippen LogP contribution >= 0.6 is 12.4 Å². The average molecular weight is 264 g/mol. The third-order valence-electron chi connectivity index (χ3n) is 3.40. The van der Waals surface area contributed by atoms with Gasteiger partial charge in [-0.1, -0.05) is 30.3 Å². The Hall–Kier alpha value is -1.38. The van der Waals surface area contributed by atoms with Gasteiger partial charge in [-0.2, -0.15) is 0 Å². The first-order valence-corrected chi connectivity index (χ1v) is 5.83. The second kappa shape index (κ2) is 4.71. The molecule has 0 radical (unpaired) electrons. The molecular formula is C15H15ClFN. The highest BCUT2D eigenvalue weighted by molar-refractivity contribution is 5.85. The minimum atomic E-state index is -0.206. The van der Waals surface area contributed by atoms with Gasteiger partial charge in [0.15, 0.2) is 0 Å². The molecule has 0 aromatic heterocycles. The molecule has 1 aliphatic rings. The lowest BCUT2D eigenvalue weighted by Gasteiger charge is -2.11. The Bertz CT molecular complexity index is 547. The van der Waals surface area contributed by atoms with Crippen molar-refractivity contribution in [1.82, 2.24) is 0 Å². The summed E-state index contributed by atoms with van der Waals surface area (Å²) in [5, 5.41) is 0. The van der Waals surface area contributed by atoms with Crippen molar-refractivity contribution in [2.75, 3.05) is 0 Å². The van der Waals surface area contributed by atoms with Crippen LogP contribution in [-0.2, 0) is 5.54 Å². The lowest BCUT2D eigenvalue weighted by Crippen LogP contribution is -2.18. The number of hydrogen-bond donors (Lipinski definition) is 1. The third kappa shape index (κ3) is 2.40. The van der Waals surface area contributed by atoms with E-state index in [1.54, 1.807) is 12.1 Å². The van der Waals surface area contributed by atoms with Gasteiger partial charge >= 0.3 is 0 Å². The molecule has 0 atom stereocenters. The Morgan fingerprint density at radius 2 is 1.61 bits per heavy atom. The summed E-state index contributed by atoms with van der Waals surface area (Å²) < 4.78 is 12.9. The molecular weight excluding hydrogens is 249 g/mol. The Morgan fingerprint density at radius 1 is 0.944 bits per heavy atom. The van der Waals surface area contributed by atoms with Crippen LogP contribution in [0.15, 0.2) is 48.5 Å². The molecule has 0 saturated heterocycles. The van der Waals surface area contributed by atoms with E-state index in [2.05, 4.69) is 12.1 Å². The van der Waals surface area contributed by atoms with Gasteiger partial charge in [0.05, 0.1) is 0 Å². The maximum absolute atomic E-state index is 12.9. The predicted molar refractivity (Wildman–Crippen MR) is 74.2 cm³/mol. The van der Waals surface area contributed by atoms with Crippen LogP contribution in [0.4, 0.5) is 4.39 Å². The molecule has 0 spiro atoms. The van der Waals surface area contributed by atoms with Crippen molar-refractivity contribution in [2.45, 2.75) is 18.4 Å². The average Bonchev–Trinajstić information content (AvgIpc) is 3.10. The second-order valence-corrected chi connectivity index (χ2v) is 4.74. The molecule has 0 amide bonds. The normalized spacial score (nSPS) is 15.9. The molecule has 2 aromatic carbocycles. The van der Waals surface area contributed by atoms with E-state index in [1.165, 1.54) is 17.7 Å². The van der Waals surface area contributed by atoms with Gasteiger partial charge in [0.25, 0.3) is 0 Å². The zero-order chi connectivity index (χ0) is 11.9. The summed E-state index contributed by atoms with van der Waals surface area (Å²) in [5.41, 5.74) is 9.37. The van der Waals surface area contributed by atoms with Gasteiger partial charge in [0.2, 0.25) is 0 Å². The molecule has 0 aliphatic heterocycles. The Morgan fingerprint density at radius 3 is 2.22 bits per heavy atom. The molecule has 1 aliphatic carbocycles. The van der Waals surface area contributed by atoms with Crippen molar-refractivity contribution in [1.29, 1.82) is 0 Å². The molecule has 94 valence electrons. The van der Waals surface area contributed by atoms with Crippen LogP contribution in [0, 0.1) is 5.82 Å². The van der Waals surface area contributed by atoms with E-state index in [9.17, 15) is 4.39 Å². The first-order valence-electron chi connectivity index (χ1n) is 5.83. The van der Waals surface area contributed by atoms with E-state index in [-0.39, 0.29) is 23.8 Å². The molecule has 1 nitrogen and oxygen atoms in total. The molecule has 0 heterocycles. The van der Waals surface area contributed by atoms with E-state index >= 15 is 0 Å². The van der Waals surface area contributed by atoms with E-state index < -0.39 is 0 Å². The summed E-state index contributed by atoms with van der Waals surface area (Å²) in [4.78, 5) is 0. The predicted octanol–water partition coefficient (Wildman–Crippen LogP) is 3.86. The highest BCUT2D eigenvalue weighted by atomic mass is 35.5. The lowest BCUT2D eigenvalue weighted by molar-refractivity contribution is 0.628. The summed E-state index contributed by atoms with van der Waals surface area (Å²) in [6.07, 6.45) is 2.11. The first kappa shape index (κ1) is 13.1. The fraction of sp³-hybridized carbons (Fsp3) is 0.200. The van der Waals surface area contributed by atoms with E-state index in [1.807, 2.05) is 12.1 Å². The van der Waals surface area contributed by atoms with Gasteiger partial charge in [-0.3, -0.25) is 0 Å². The maximum atomic E-state index is 12.9. The van der Waals surface area contributed by atoms with E-state index in [0.29, 0.717) is 0 Å². The summed E-state index contributed by atoms with van der Waals surface area (Å²) >= 11 is 0. The highest BCUT2D eigenvalue weighted by Gasteiger charge is 2.39. The molecule has 3 heteroatoms. The monoisotopic (exact) mass is 263 g/mol. The molecule has 2 N–H and O–H groups in total. The molecule has 1 saturated carbocycles. The van der Waals surface area contributed by atoms with Crippen LogP contribution in [0.1, 0.15) is 18.4 Å². The van der Waals surface area contributed by atoms with Crippen molar-refractivity contribution in [3.8, 4) is 11.1 Å². The van der Waals surface area contributed by atoms with E-state index in [0.717, 1.165) is 24.0 Å². The molecule has 3 rings (SSSR count). The van der Waals surface area contributed by atoms with Gasteiger partial charge in [-0.25, -0.2) is 4.39 Å². The summed E-state index contributed by atoms with van der Waals surface area (Å²) in [6, 6.07) is 14.8. The van der Waals surface area contributed by atoms with Crippen molar-refractivity contribution >= 4 is 12.4 Å². The van der Waals surface area contributed by atoms with Crippen LogP contribution in [0.5, 0.6) is 0 Å². The van der Waals surface area contributed by atoms with Crippen molar-refractivity contribution < 1.29 is 4.39 Å². The zero-order valence-corrected chi connectivity index (χ0v) is 10.7. The smallest absolute Gasteiger partial charge is 0.123 e. The Balaban J connectivity index is 0.00000120. The maximum Gasteiger partial charge on any atom is 0.123 e. The highest BCUT2D eigenvalue weighted by Crippen LogP contribution is 2.43. The summed E-state index contributed by atoms with van der Waals surface area (Å²) in [7, 11) is 0. The van der Waals surface area contributed by atoms with Gasteiger partial charge in [-0.15, -0.1) is 12.4 Å².